The van der Waals surface area contributed by atoms with Crippen LogP contribution < -0.4 is 5.32 Å². The second-order valence-corrected chi connectivity index (χ2v) is 8.91. The van der Waals surface area contributed by atoms with Crippen molar-refractivity contribution < 1.29 is 4.79 Å². The number of guanidine groups is 1. The minimum absolute atomic E-state index is 0.172. The van der Waals surface area contributed by atoms with Crippen molar-refractivity contribution in [3.8, 4) is 0 Å². The number of aliphatic imine (C=N–C) groups is 1. The number of nitrogens with one attached hydrogen (secondary N) is 1. The van der Waals surface area contributed by atoms with Gasteiger partial charge in [-0.15, -0.1) is 0 Å². The van der Waals surface area contributed by atoms with Gasteiger partial charge in [-0.2, -0.15) is 0 Å². The zero-order valence-corrected chi connectivity index (χ0v) is 19.6. The topological polar surface area (TPSA) is 51.2 Å². The molecule has 1 aromatic carbocycles. The number of rotatable bonds is 8. The number of carbonyl (C=O) groups excluding carboxylic acids is 1. The highest BCUT2D eigenvalue weighted by molar-refractivity contribution is 5.80. The fourth-order valence-corrected chi connectivity index (χ4v) is 4.65. The average Bonchev–Trinajstić information content (AvgIpc) is 2.80. The molecule has 2 saturated heterocycles. The molecule has 1 N–H and O–H groups in total. The van der Waals surface area contributed by atoms with Crippen molar-refractivity contribution in [1.29, 1.82) is 0 Å². The van der Waals surface area contributed by atoms with Gasteiger partial charge >= 0.3 is 0 Å². The van der Waals surface area contributed by atoms with E-state index < -0.39 is 0 Å². The summed E-state index contributed by atoms with van der Waals surface area (Å²) >= 11 is 0. The Hall–Kier alpha value is -2.08. The van der Waals surface area contributed by atoms with Crippen molar-refractivity contribution in [3.63, 3.8) is 0 Å². The molecule has 31 heavy (non-hydrogen) atoms. The molecule has 6 heteroatoms. The van der Waals surface area contributed by atoms with Gasteiger partial charge in [-0.25, -0.2) is 0 Å². The first-order valence-electron chi connectivity index (χ1n) is 12.2. The van der Waals surface area contributed by atoms with Crippen molar-refractivity contribution in [2.45, 2.75) is 46.0 Å². The van der Waals surface area contributed by atoms with E-state index in [1.807, 2.05) is 4.90 Å². The molecule has 0 spiro atoms. The molecule has 0 atom stereocenters. The molecule has 0 aliphatic carbocycles. The van der Waals surface area contributed by atoms with Crippen LogP contribution in [0.2, 0.25) is 0 Å². The van der Waals surface area contributed by atoms with Crippen LogP contribution in [-0.4, -0.2) is 85.5 Å². The summed E-state index contributed by atoms with van der Waals surface area (Å²) in [7, 11) is 0. The van der Waals surface area contributed by atoms with Crippen molar-refractivity contribution in [2.75, 3.05) is 58.9 Å². The minimum Gasteiger partial charge on any atom is -0.357 e. The van der Waals surface area contributed by atoms with Gasteiger partial charge in [0, 0.05) is 46.2 Å². The molecule has 0 aromatic heterocycles. The lowest BCUT2D eigenvalue weighted by atomic mass is 9.90. The molecule has 1 aromatic rings. The van der Waals surface area contributed by atoms with Gasteiger partial charge < -0.3 is 20.0 Å². The third-order valence-corrected chi connectivity index (χ3v) is 6.58. The molecule has 6 nitrogen and oxygen atoms in total. The zero-order valence-electron chi connectivity index (χ0n) is 19.6. The summed E-state index contributed by atoms with van der Waals surface area (Å²) in [6.45, 7) is 12.5. The van der Waals surface area contributed by atoms with Crippen LogP contribution in [0.25, 0.3) is 0 Å². The standard InChI is InChI=1S/C25H41N5O/c1-3-26-25(30-19-17-29(18-20-30)22(2)31)27-13-7-8-14-28-15-11-24(12-16-28)21-23-9-5-4-6-10-23/h4-6,9-10,24H,3,7-8,11-21H2,1-2H3,(H,26,27). The van der Waals surface area contributed by atoms with Crippen molar-refractivity contribution >= 4 is 11.9 Å². The Labute approximate surface area is 188 Å². The molecule has 2 fully saturated rings. The van der Waals surface area contributed by atoms with Crippen molar-refractivity contribution in [2.24, 2.45) is 10.9 Å². The maximum atomic E-state index is 11.5. The van der Waals surface area contributed by atoms with Crippen molar-refractivity contribution in [3.05, 3.63) is 35.9 Å². The van der Waals surface area contributed by atoms with E-state index in [4.69, 9.17) is 4.99 Å². The maximum absolute atomic E-state index is 11.5. The Kier molecular flexibility index (Phi) is 9.66. The predicted octanol–water partition coefficient (Wildman–Crippen LogP) is 2.85. The molecule has 172 valence electrons. The molecular weight excluding hydrogens is 386 g/mol. The summed E-state index contributed by atoms with van der Waals surface area (Å²) in [5.41, 5.74) is 1.48. The van der Waals surface area contributed by atoms with Crippen LogP contribution in [0, 0.1) is 5.92 Å². The highest BCUT2D eigenvalue weighted by Gasteiger charge is 2.21. The second kappa shape index (κ2) is 12.7. The molecular formula is C25H41N5O. The second-order valence-electron chi connectivity index (χ2n) is 8.91. The lowest BCUT2D eigenvalue weighted by Gasteiger charge is -2.36. The zero-order chi connectivity index (χ0) is 21.9. The van der Waals surface area contributed by atoms with E-state index in [9.17, 15) is 4.79 Å². The van der Waals surface area contributed by atoms with E-state index in [1.54, 1.807) is 6.92 Å². The first kappa shape index (κ1) is 23.6. The van der Waals surface area contributed by atoms with Gasteiger partial charge in [0.2, 0.25) is 5.91 Å². The Morgan fingerprint density at radius 2 is 1.68 bits per heavy atom. The number of hydrogen-bond donors (Lipinski definition) is 1. The van der Waals surface area contributed by atoms with Crippen LogP contribution in [-0.2, 0) is 11.2 Å². The monoisotopic (exact) mass is 427 g/mol. The number of likely N-dealkylation sites (tertiary alicyclic amines) is 1. The van der Waals surface area contributed by atoms with Gasteiger partial charge in [-0.3, -0.25) is 9.79 Å². The number of hydrogen-bond acceptors (Lipinski definition) is 3. The van der Waals surface area contributed by atoms with E-state index in [1.165, 1.54) is 50.9 Å². The molecule has 1 amide bonds. The summed E-state index contributed by atoms with van der Waals surface area (Å²) in [4.78, 5) is 23.2. The third-order valence-electron chi connectivity index (χ3n) is 6.58. The van der Waals surface area contributed by atoms with E-state index in [2.05, 4.69) is 52.4 Å². The van der Waals surface area contributed by atoms with Gasteiger partial charge in [0.15, 0.2) is 5.96 Å². The summed E-state index contributed by atoms with van der Waals surface area (Å²) in [5, 5.41) is 3.42. The van der Waals surface area contributed by atoms with Gasteiger partial charge in [0.1, 0.15) is 0 Å². The Bertz CT molecular complexity index is 676. The number of piperidine rings is 1. The molecule has 2 aliphatic heterocycles. The van der Waals surface area contributed by atoms with Crippen LogP contribution in [0.5, 0.6) is 0 Å². The Balaban J connectivity index is 1.31. The highest BCUT2D eigenvalue weighted by Crippen LogP contribution is 2.21. The molecule has 3 rings (SSSR count). The van der Waals surface area contributed by atoms with E-state index in [-0.39, 0.29) is 5.91 Å². The lowest BCUT2D eigenvalue weighted by molar-refractivity contribution is -0.130. The normalized spacial score (nSPS) is 19.0. The quantitative estimate of drug-likeness (QED) is 0.394. The highest BCUT2D eigenvalue weighted by atomic mass is 16.2. The summed E-state index contributed by atoms with van der Waals surface area (Å²) in [6.07, 6.45) is 6.22. The smallest absolute Gasteiger partial charge is 0.219 e. The van der Waals surface area contributed by atoms with Gasteiger partial charge in [-0.05, 0) is 70.1 Å². The largest absolute Gasteiger partial charge is 0.357 e. The number of carbonyl (C=O) groups is 1. The van der Waals surface area contributed by atoms with E-state index in [0.717, 1.165) is 57.6 Å². The maximum Gasteiger partial charge on any atom is 0.219 e. The van der Waals surface area contributed by atoms with Gasteiger partial charge in [0.05, 0.1) is 0 Å². The molecule has 0 saturated carbocycles. The predicted molar refractivity (Wildman–Crippen MR) is 128 cm³/mol. The molecule has 0 bridgehead atoms. The van der Waals surface area contributed by atoms with Crippen LogP contribution in [0.4, 0.5) is 0 Å². The number of piperazine rings is 1. The number of unbranched alkanes of at least 4 members (excludes halogenated alkanes) is 1. The van der Waals surface area contributed by atoms with Crippen molar-refractivity contribution in [1.82, 2.24) is 20.0 Å². The lowest BCUT2D eigenvalue weighted by Crippen LogP contribution is -2.53. The first-order valence-corrected chi connectivity index (χ1v) is 12.2. The van der Waals surface area contributed by atoms with E-state index in [0.29, 0.717) is 0 Å². The van der Waals surface area contributed by atoms with Gasteiger partial charge in [-0.1, -0.05) is 30.3 Å². The van der Waals surface area contributed by atoms with Crippen LogP contribution in [0.1, 0.15) is 45.1 Å². The SMILES string of the molecule is CCNC(=NCCCCN1CCC(Cc2ccccc2)CC1)N1CCN(C(C)=O)CC1. The number of nitrogens with zero attached hydrogens (tertiary/aromatic N) is 4. The summed E-state index contributed by atoms with van der Waals surface area (Å²) in [6, 6.07) is 10.9. The number of amides is 1. The summed E-state index contributed by atoms with van der Waals surface area (Å²) in [5.74, 6) is 2.02. The van der Waals surface area contributed by atoms with Crippen LogP contribution >= 0.6 is 0 Å². The third kappa shape index (κ3) is 7.84. The van der Waals surface area contributed by atoms with Gasteiger partial charge in [0.25, 0.3) is 0 Å². The molecule has 0 unspecified atom stereocenters. The van der Waals surface area contributed by atoms with E-state index >= 15 is 0 Å². The average molecular weight is 428 g/mol. The fraction of sp³-hybridized carbons (Fsp3) is 0.680. The Morgan fingerprint density at radius 1 is 1.00 bits per heavy atom. The summed E-state index contributed by atoms with van der Waals surface area (Å²) < 4.78 is 0. The minimum atomic E-state index is 0.172. The fourth-order valence-electron chi connectivity index (χ4n) is 4.65. The Morgan fingerprint density at radius 3 is 2.32 bits per heavy atom. The molecule has 0 radical (unpaired) electrons. The van der Waals surface area contributed by atoms with Crippen LogP contribution in [0.15, 0.2) is 35.3 Å². The molecule has 2 heterocycles. The molecule has 2 aliphatic rings. The first-order chi connectivity index (χ1) is 15.2. The van der Waals surface area contributed by atoms with Crippen LogP contribution in [0.3, 0.4) is 0 Å². The number of benzene rings is 1.